The Morgan fingerprint density at radius 2 is 2.29 bits per heavy atom. The number of urea groups is 1. The lowest BCUT2D eigenvalue weighted by Crippen LogP contribution is -2.48. The number of nitrogens with one attached hydrogen (secondary N) is 2. The van der Waals surface area contributed by atoms with Crippen molar-refractivity contribution in [1.29, 1.82) is 0 Å². The number of hydrogen-bond acceptors (Lipinski definition) is 3. The van der Waals surface area contributed by atoms with E-state index in [2.05, 4.69) is 20.3 Å². The van der Waals surface area contributed by atoms with E-state index in [4.69, 9.17) is 0 Å². The molecule has 0 radical (unpaired) electrons. The largest absolute Gasteiger partial charge is 0.348 e. The summed E-state index contributed by atoms with van der Waals surface area (Å²) in [6.45, 7) is 4.56. The second kappa shape index (κ2) is 5.55. The van der Waals surface area contributed by atoms with Crippen LogP contribution in [0.4, 0.5) is 4.79 Å². The van der Waals surface area contributed by atoms with Gasteiger partial charge < -0.3 is 15.2 Å². The molecule has 0 spiro atoms. The Bertz CT molecular complexity index is 622. The number of hydrogen-bond donors (Lipinski definition) is 2. The van der Waals surface area contributed by atoms with Gasteiger partial charge in [-0.2, -0.15) is 0 Å². The molecule has 0 aromatic carbocycles. The summed E-state index contributed by atoms with van der Waals surface area (Å²) in [6, 6.07) is 5.53. The monoisotopic (exact) mass is 285 g/mol. The molecule has 3 heterocycles. The Balaban J connectivity index is 1.98. The molecule has 0 saturated carbocycles. The van der Waals surface area contributed by atoms with Gasteiger partial charge in [0.25, 0.3) is 0 Å². The molecule has 21 heavy (non-hydrogen) atoms. The van der Waals surface area contributed by atoms with Crippen LogP contribution in [0.2, 0.25) is 0 Å². The average molecular weight is 285 g/mol. The second-order valence-corrected chi connectivity index (χ2v) is 5.47. The van der Waals surface area contributed by atoms with Crippen LogP contribution in [0.25, 0.3) is 0 Å². The number of fused-ring (bicyclic) bond motifs is 1. The Morgan fingerprint density at radius 3 is 3.00 bits per heavy atom. The van der Waals surface area contributed by atoms with E-state index in [1.54, 1.807) is 12.5 Å². The van der Waals surface area contributed by atoms with Crippen molar-refractivity contribution in [2.45, 2.75) is 32.4 Å². The van der Waals surface area contributed by atoms with Gasteiger partial charge in [-0.15, -0.1) is 0 Å². The third kappa shape index (κ3) is 2.61. The molecule has 2 amide bonds. The summed E-state index contributed by atoms with van der Waals surface area (Å²) >= 11 is 0. The van der Waals surface area contributed by atoms with Gasteiger partial charge >= 0.3 is 6.03 Å². The van der Waals surface area contributed by atoms with Crippen LogP contribution in [0.3, 0.4) is 0 Å². The van der Waals surface area contributed by atoms with Crippen LogP contribution in [0.15, 0.2) is 30.7 Å². The number of carbonyl (C=O) groups is 1. The van der Waals surface area contributed by atoms with Crippen LogP contribution in [-0.2, 0) is 6.42 Å². The minimum Gasteiger partial charge on any atom is -0.348 e. The number of imidazole rings is 1. The molecule has 3 rings (SSSR count). The highest BCUT2D eigenvalue weighted by Gasteiger charge is 2.34. The van der Waals surface area contributed by atoms with Gasteiger partial charge in [0, 0.05) is 30.9 Å². The summed E-state index contributed by atoms with van der Waals surface area (Å²) in [5.41, 5.74) is 2.81. The van der Waals surface area contributed by atoms with Crippen LogP contribution in [-0.4, -0.2) is 38.5 Å². The number of aromatic amines is 1. The maximum Gasteiger partial charge on any atom is 0.318 e. The zero-order valence-electron chi connectivity index (χ0n) is 12.2. The number of aromatic nitrogens is 3. The summed E-state index contributed by atoms with van der Waals surface area (Å²) in [5, 5.41) is 2.96. The van der Waals surface area contributed by atoms with E-state index in [0.717, 1.165) is 23.5 Å². The van der Waals surface area contributed by atoms with E-state index in [1.165, 1.54) is 0 Å². The van der Waals surface area contributed by atoms with Gasteiger partial charge in [0.05, 0.1) is 17.7 Å². The van der Waals surface area contributed by atoms with Gasteiger partial charge in [-0.25, -0.2) is 9.78 Å². The van der Waals surface area contributed by atoms with E-state index in [1.807, 2.05) is 36.9 Å². The van der Waals surface area contributed by atoms with Gasteiger partial charge in [-0.05, 0) is 26.0 Å². The van der Waals surface area contributed by atoms with Crippen molar-refractivity contribution in [2.75, 3.05) is 6.54 Å². The average Bonchev–Trinajstić information content (AvgIpc) is 2.94. The molecule has 6 heteroatoms. The molecular weight excluding hydrogens is 266 g/mol. The first-order chi connectivity index (χ1) is 10.2. The molecule has 1 atom stereocenters. The molecule has 2 N–H and O–H groups in total. The summed E-state index contributed by atoms with van der Waals surface area (Å²) in [5.74, 6) is 0. The van der Waals surface area contributed by atoms with E-state index >= 15 is 0 Å². The number of rotatable bonds is 2. The summed E-state index contributed by atoms with van der Waals surface area (Å²) in [6.07, 6.45) is 4.21. The zero-order valence-corrected chi connectivity index (χ0v) is 12.2. The molecule has 6 nitrogen and oxygen atoms in total. The van der Waals surface area contributed by atoms with Crippen molar-refractivity contribution < 1.29 is 4.79 Å². The smallest absolute Gasteiger partial charge is 0.318 e. The maximum absolute atomic E-state index is 12.5. The normalized spacial score (nSPS) is 17.7. The lowest BCUT2D eigenvalue weighted by molar-refractivity contribution is 0.175. The quantitative estimate of drug-likeness (QED) is 0.884. The number of amides is 2. The fraction of sp³-hybridized carbons (Fsp3) is 0.400. The van der Waals surface area contributed by atoms with Crippen molar-refractivity contribution in [3.8, 4) is 0 Å². The van der Waals surface area contributed by atoms with Crippen molar-refractivity contribution in [3.63, 3.8) is 0 Å². The van der Waals surface area contributed by atoms with Crippen LogP contribution in [0.1, 0.15) is 37.0 Å². The molecule has 0 saturated heterocycles. The topological polar surface area (TPSA) is 73.9 Å². The lowest BCUT2D eigenvalue weighted by atomic mass is 10.00. The molecule has 2 aromatic heterocycles. The Hall–Kier alpha value is -2.37. The minimum absolute atomic E-state index is 0.0747. The van der Waals surface area contributed by atoms with E-state index < -0.39 is 0 Å². The lowest BCUT2D eigenvalue weighted by Gasteiger charge is -2.35. The fourth-order valence-electron chi connectivity index (χ4n) is 2.66. The second-order valence-electron chi connectivity index (χ2n) is 5.47. The number of carbonyl (C=O) groups excluding carboxylic acids is 1. The Morgan fingerprint density at radius 1 is 1.43 bits per heavy atom. The van der Waals surface area contributed by atoms with Gasteiger partial charge in [-0.3, -0.25) is 4.98 Å². The zero-order chi connectivity index (χ0) is 14.8. The Labute approximate surface area is 123 Å². The van der Waals surface area contributed by atoms with Crippen molar-refractivity contribution in [1.82, 2.24) is 25.2 Å². The SMILES string of the molecule is CC(C)NC(=O)N1CCc2[nH]cnc2C1c1ccccn1. The fourth-order valence-corrected chi connectivity index (χ4v) is 2.66. The van der Waals surface area contributed by atoms with Crippen molar-refractivity contribution in [2.24, 2.45) is 0 Å². The highest BCUT2D eigenvalue weighted by Crippen LogP contribution is 2.32. The molecule has 1 aliphatic heterocycles. The summed E-state index contributed by atoms with van der Waals surface area (Å²) in [4.78, 5) is 26.3. The minimum atomic E-state index is -0.236. The van der Waals surface area contributed by atoms with Gasteiger partial charge in [0.2, 0.25) is 0 Å². The highest BCUT2D eigenvalue weighted by atomic mass is 16.2. The standard InChI is InChI=1S/C15H19N5O/c1-10(2)19-15(21)20-8-6-11-13(18-9-17-11)14(20)12-5-3-4-7-16-12/h3-5,7,9-10,14H,6,8H2,1-2H3,(H,17,18)(H,19,21). The number of H-pyrrole nitrogens is 1. The van der Waals surface area contributed by atoms with Crippen LogP contribution in [0.5, 0.6) is 0 Å². The van der Waals surface area contributed by atoms with Crippen molar-refractivity contribution >= 4 is 6.03 Å². The van der Waals surface area contributed by atoms with Crippen LogP contribution in [0, 0.1) is 0 Å². The first-order valence-corrected chi connectivity index (χ1v) is 7.17. The molecule has 1 aliphatic rings. The van der Waals surface area contributed by atoms with Gasteiger partial charge in [-0.1, -0.05) is 6.07 Å². The molecule has 0 bridgehead atoms. The molecular formula is C15H19N5O. The summed E-state index contributed by atoms with van der Waals surface area (Å²) in [7, 11) is 0. The first kappa shape index (κ1) is 13.6. The predicted octanol–water partition coefficient (Wildman–Crippen LogP) is 1.87. The van der Waals surface area contributed by atoms with Crippen LogP contribution < -0.4 is 5.32 Å². The van der Waals surface area contributed by atoms with Crippen molar-refractivity contribution in [3.05, 3.63) is 47.8 Å². The molecule has 2 aromatic rings. The molecule has 0 fully saturated rings. The molecule has 0 aliphatic carbocycles. The number of nitrogens with zero attached hydrogens (tertiary/aromatic N) is 3. The first-order valence-electron chi connectivity index (χ1n) is 7.17. The van der Waals surface area contributed by atoms with E-state index in [9.17, 15) is 4.79 Å². The number of pyridine rings is 1. The summed E-state index contributed by atoms with van der Waals surface area (Å²) < 4.78 is 0. The van der Waals surface area contributed by atoms with E-state index in [-0.39, 0.29) is 18.1 Å². The maximum atomic E-state index is 12.5. The molecule has 110 valence electrons. The van der Waals surface area contributed by atoms with Gasteiger partial charge in [0.15, 0.2) is 0 Å². The van der Waals surface area contributed by atoms with E-state index in [0.29, 0.717) is 6.54 Å². The van der Waals surface area contributed by atoms with Gasteiger partial charge in [0.1, 0.15) is 6.04 Å². The predicted molar refractivity (Wildman–Crippen MR) is 78.7 cm³/mol. The third-order valence-corrected chi connectivity index (χ3v) is 3.57. The third-order valence-electron chi connectivity index (χ3n) is 3.57. The highest BCUT2D eigenvalue weighted by molar-refractivity contribution is 5.75. The van der Waals surface area contributed by atoms with Crippen LogP contribution >= 0.6 is 0 Å². The Kier molecular flexibility index (Phi) is 3.60. The molecule has 1 unspecified atom stereocenters.